The third-order valence-corrected chi connectivity index (χ3v) is 7.81. The molecule has 2 aromatic carbocycles. The van der Waals surface area contributed by atoms with E-state index in [4.69, 9.17) is 25.8 Å². The first kappa shape index (κ1) is 27.8. The zero-order valence-electron chi connectivity index (χ0n) is 19.7. The number of aliphatic hydroxyl groups is 2. The second kappa shape index (κ2) is 12.5. The average molecular weight is 622 g/mol. The minimum atomic E-state index is -0.928. The summed E-state index contributed by atoms with van der Waals surface area (Å²) in [5.41, 5.74) is 2.08. The average Bonchev–Trinajstić information content (AvgIpc) is 2.83. The highest BCUT2D eigenvalue weighted by Gasteiger charge is 2.33. The van der Waals surface area contributed by atoms with Gasteiger partial charge in [-0.15, -0.1) is 11.6 Å². The van der Waals surface area contributed by atoms with Gasteiger partial charge in [0.15, 0.2) is 12.5 Å². The number of rotatable bonds is 10. The summed E-state index contributed by atoms with van der Waals surface area (Å²) in [6, 6.07) is 14.2. The molecule has 1 fully saturated rings. The van der Waals surface area contributed by atoms with Gasteiger partial charge in [-0.1, -0.05) is 39.0 Å². The Kier molecular flexibility index (Phi) is 10.2. The Balaban J connectivity index is 1.71. The van der Waals surface area contributed by atoms with Crippen LogP contribution >= 0.6 is 46.8 Å². The molecule has 1 aliphatic heterocycles. The molecular weight excluding hydrogens is 589 g/mol. The van der Waals surface area contributed by atoms with E-state index < -0.39 is 17.8 Å². The standard InChI is InChI=1S/C25H33ClINO5S/c1-4-22(28-11-12-31-24(30)23(28)34)33-19-8-5-16(6-9-19)25(2,3)17-7-10-21(20(27)13-17)32-15-18(29)14-26/h5-10,13,18,22-24,29-30,34H,4,11-12,14-15H2,1-3H3/t18-,22-,23-,24-/m1/s1. The quantitative estimate of drug-likeness (QED) is 0.205. The molecule has 0 aliphatic carbocycles. The van der Waals surface area contributed by atoms with Gasteiger partial charge >= 0.3 is 0 Å². The molecule has 34 heavy (non-hydrogen) atoms. The first-order valence-electron chi connectivity index (χ1n) is 11.3. The van der Waals surface area contributed by atoms with Gasteiger partial charge in [-0.05, 0) is 64.4 Å². The smallest absolute Gasteiger partial charge is 0.179 e. The molecule has 3 rings (SSSR count). The molecule has 0 radical (unpaired) electrons. The van der Waals surface area contributed by atoms with Crippen molar-refractivity contribution in [3.05, 3.63) is 57.2 Å². The summed E-state index contributed by atoms with van der Waals surface area (Å²) < 4.78 is 18.2. The maximum absolute atomic E-state index is 9.97. The van der Waals surface area contributed by atoms with E-state index in [9.17, 15) is 10.2 Å². The Bertz CT molecular complexity index is 932. The van der Waals surface area contributed by atoms with Crippen LogP contribution in [0.15, 0.2) is 42.5 Å². The maximum Gasteiger partial charge on any atom is 0.179 e. The lowest BCUT2D eigenvalue weighted by Gasteiger charge is -2.40. The van der Waals surface area contributed by atoms with Gasteiger partial charge < -0.3 is 24.4 Å². The van der Waals surface area contributed by atoms with E-state index in [1.807, 2.05) is 23.1 Å². The van der Waals surface area contributed by atoms with Crippen molar-refractivity contribution < 1.29 is 24.4 Å². The number of morpholine rings is 1. The molecule has 1 aliphatic rings. The molecule has 0 unspecified atom stereocenters. The van der Waals surface area contributed by atoms with E-state index in [0.29, 0.717) is 13.2 Å². The maximum atomic E-state index is 9.97. The fraction of sp³-hybridized carbons (Fsp3) is 0.520. The molecule has 4 atom stereocenters. The number of aliphatic hydroxyl groups excluding tert-OH is 2. The van der Waals surface area contributed by atoms with Crippen LogP contribution in [-0.4, -0.2) is 64.7 Å². The topological polar surface area (TPSA) is 71.4 Å². The third kappa shape index (κ3) is 6.72. The molecule has 0 saturated carbocycles. The van der Waals surface area contributed by atoms with Crippen molar-refractivity contribution in [3.8, 4) is 11.5 Å². The molecule has 0 spiro atoms. The van der Waals surface area contributed by atoms with Crippen LogP contribution in [0.4, 0.5) is 0 Å². The van der Waals surface area contributed by atoms with Gasteiger partial charge in [0.05, 0.1) is 16.1 Å². The number of hydrogen-bond acceptors (Lipinski definition) is 7. The lowest BCUT2D eigenvalue weighted by atomic mass is 9.78. The zero-order valence-corrected chi connectivity index (χ0v) is 23.5. The molecule has 2 N–H and O–H groups in total. The van der Waals surface area contributed by atoms with Crippen LogP contribution in [0.3, 0.4) is 0 Å². The minimum Gasteiger partial charge on any atom is -0.490 e. The van der Waals surface area contributed by atoms with Gasteiger partial charge in [-0.25, -0.2) is 4.90 Å². The van der Waals surface area contributed by atoms with Gasteiger partial charge in [0, 0.05) is 12.0 Å². The van der Waals surface area contributed by atoms with Crippen LogP contribution in [0.2, 0.25) is 0 Å². The number of hydrogen-bond donors (Lipinski definition) is 3. The lowest BCUT2D eigenvalue weighted by Crippen LogP contribution is -2.54. The number of thiol groups is 1. The van der Waals surface area contributed by atoms with Crippen LogP contribution in [0.1, 0.15) is 38.3 Å². The number of halogens is 2. The summed E-state index contributed by atoms with van der Waals surface area (Å²) in [5, 5.41) is 19.2. The Morgan fingerprint density at radius 3 is 2.53 bits per heavy atom. The van der Waals surface area contributed by atoms with Crippen LogP contribution < -0.4 is 9.47 Å². The minimum absolute atomic E-state index is 0.143. The van der Waals surface area contributed by atoms with Crippen molar-refractivity contribution in [2.24, 2.45) is 0 Å². The fourth-order valence-corrected chi connectivity index (χ4v) is 4.98. The first-order valence-corrected chi connectivity index (χ1v) is 13.5. The largest absolute Gasteiger partial charge is 0.490 e. The molecule has 0 bridgehead atoms. The SMILES string of the molecule is CC[C@@H](Oc1ccc(C(C)(C)c2ccc(OC[C@H](O)CCl)c(I)c2)cc1)N1CCO[C@@H](O)[C@H]1S. The van der Waals surface area contributed by atoms with E-state index in [1.54, 1.807) is 0 Å². The molecule has 188 valence electrons. The van der Waals surface area contributed by atoms with E-state index in [1.165, 1.54) is 0 Å². The Labute approximate surface area is 226 Å². The summed E-state index contributed by atoms with van der Waals surface area (Å²) in [6.45, 7) is 7.68. The first-order chi connectivity index (χ1) is 16.2. The number of ether oxygens (including phenoxy) is 3. The number of benzene rings is 2. The van der Waals surface area contributed by atoms with Crippen LogP contribution in [0.5, 0.6) is 11.5 Å². The highest BCUT2D eigenvalue weighted by atomic mass is 127. The lowest BCUT2D eigenvalue weighted by molar-refractivity contribution is -0.180. The van der Waals surface area contributed by atoms with E-state index >= 15 is 0 Å². The second-order valence-electron chi connectivity index (χ2n) is 8.81. The molecule has 0 aromatic heterocycles. The molecule has 9 heteroatoms. The normalized spacial score (nSPS) is 21.2. The Morgan fingerprint density at radius 2 is 1.91 bits per heavy atom. The number of nitrogens with zero attached hydrogens (tertiary/aromatic N) is 1. The summed E-state index contributed by atoms with van der Waals surface area (Å²) in [5.74, 6) is 1.64. The number of alkyl halides is 1. The van der Waals surface area contributed by atoms with Crippen molar-refractivity contribution in [2.75, 3.05) is 25.6 Å². The van der Waals surface area contributed by atoms with Crippen LogP contribution in [0, 0.1) is 3.57 Å². The molecule has 1 saturated heterocycles. The molecule has 2 aromatic rings. The van der Waals surface area contributed by atoms with Crippen molar-refractivity contribution in [1.29, 1.82) is 0 Å². The van der Waals surface area contributed by atoms with Crippen LogP contribution in [-0.2, 0) is 10.2 Å². The van der Waals surface area contributed by atoms with Crippen LogP contribution in [0.25, 0.3) is 0 Å². The van der Waals surface area contributed by atoms with E-state index in [2.05, 4.69) is 80.3 Å². The summed E-state index contributed by atoms with van der Waals surface area (Å²) in [7, 11) is 0. The monoisotopic (exact) mass is 621 g/mol. The molecule has 6 nitrogen and oxygen atoms in total. The van der Waals surface area contributed by atoms with Gasteiger partial charge in [0.2, 0.25) is 0 Å². The second-order valence-corrected chi connectivity index (χ2v) is 10.8. The third-order valence-electron chi connectivity index (χ3n) is 6.06. The van der Waals surface area contributed by atoms with Gasteiger partial charge in [-0.3, -0.25) is 0 Å². The predicted molar refractivity (Wildman–Crippen MR) is 146 cm³/mol. The predicted octanol–water partition coefficient (Wildman–Crippen LogP) is 4.62. The summed E-state index contributed by atoms with van der Waals surface area (Å²) >= 11 is 12.4. The van der Waals surface area contributed by atoms with Gasteiger partial charge in [0.1, 0.15) is 29.6 Å². The van der Waals surface area contributed by atoms with E-state index in [-0.39, 0.29) is 24.1 Å². The van der Waals surface area contributed by atoms with Gasteiger partial charge in [0.25, 0.3) is 0 Å². The summed E-state index contributed by atoms with van der Waals surface area (Å²) in [4.78, 5) is 2.02. The van der Waals surface area contributed by atoms with Gasteiger partial charge in [-0.2, -0.15) is 12.6 Å². The Morgan fingerprint density at radius 1 is 1.24 bits per heavy atom. The van der Waals surface area contributed by atoms with Crippen molar-refractivity contribution >= 4 is 46.8 Å². The van der Waals surface area contributed by atoms with Crippen molar-refractivity contribution in [2.45, 2.75) is 56.6 Å². The summed E-state index contributed by atoms with van der Waals surface area (Å²) in [6.07, 6.45) is -1.06. The highest BCUT2D eigenvalue weighted by molar-refractivity contribution is 14.1. The molecular formula is C25H33ClINO5S. The zero-order chi connectivity index (χ0) is 24.9. The van der Waals surface area contributed by atoms with Crippen molar-refractivity contribution in [1.82, 2.24) is 4.90 Å². The van der Waals surface area contributed by atoms with Crippen molar-refractivity contribution in [3.63, 3.8) is 0 Å². The highest BCUT2D eigenvalue weighted by Crippen LogP contribution is 2.35. The molecule has 0 amide bonds. The Hall–Kier alpha value is -0.750. The fourth-order valence-electron chi connectivity index (χ4n) is 3.87. The van der Waals surface area contributed by atoms with E-state index in [0.717, 1.165) is 32.6 Å². The molecule has 1 heterocycles.